The fourth-order valence-corrected chi connectivity index (χ4v) is 2.13. The number of nitrogens with zero attached hydrogens (tertiary/aromatic N) is 2. The van der Waals surface area contributed by atoms with Crippen LogP contribution < -0.4 is 11.1 Å². The molecule has 0 aliphatic heterocycles. The number of amides is 1. The van der Waals surface area contributed by atoms with E-state index in [-0.39, 0.29) is 11.8 Å². The highest BCUT2D eigenvalue weighted by atomic mass is 16.1. The molecule has 1 rings (SSSR count). The third-order valence-electron chi connectivity index (χ3n) is 3.33. The third-order valence-corrected chi connectivity index (χ3v) is 3.33. The molecular weight excluding hydrogens is 254 g/mol. The molecule has 0 unspecified atom stereocenters. The van der Waals surface area contributed by atoms with Crippen molar-refractivity contribution < 1.29 is 4.79 Å². The fourth-order valence-electron chi connectivity index (χ4n) is 2.13. The number of carbonyl (C=O) groups is 1. The first-order chi connectivity index (χ1) is 9.51. The number of anilines is 1. The Morgan fingerprint density at radius 2 is 2.10 bits per heavy atom. The Labute approximate surface area is 121 Å². The zero-order chi connectivity index (χ0) is 15.1. The van der Waals surface area contributed by atoms with E-state index < -0.39 is 0 Å². The lowest BCUT2D eigenvalue weighted by atomic mass is 10.1. The van der Waals surface area contributed by atoms with Crippen LogP contribution in [0, 0.1) is 0 Å². The third kappa shape index (κ3) is 4.23. The molecule has 0 saturated heterocycles. The van der Waals surface area contributed by atoms with E-state index in [2.05, 4.69) is 34.3 Å². The van der Waals surface area contributed by atoms with Gasteiger partial charge in [0.2, 0.25) is 0 Å². The van der Waals surface area contributed by atoms with Gasteiger partial charge in [0.1, 0.15) is 0 Å². The van der Waals surface area contributed by atoms with E-state index in [9.17, 15) is 4.79 Å². The minimum absolute atomic E-state index is 0.210. The Balaban J connectivity index is 2.51. The van der Waals surface area contributed by atoms with Crippen LogP contribution in [0.25, 0.3) is 0 Å². The van der Waals surface area contributed by atoms with Crippen molar-refractivity contribution in [3.63, 3.8) is 0 Å². The molecule has 0 bridgehead atoms. The Kier molecular flexibility index (Phi) is 6.51. The first-order valence-corrected chi connectivity index (χ1v) is 7.35. The molecule has 1 aromatic heterocycles. The first-order valence-electron chi connectivity index (χ1n) is 7.35. The minimum atomic E-state index is -0.210. The molecule has 0 saturated carbocycles. The van der Waals surface area contributed by atoms with Gasteiger partial charge in [-0.25, -0.2) is 0 Å². The number of nitrogens with two attached hydrogens (primary N) is 1. The summed E-state index contributed by atoms with van der Waals surface area (Å²) in [6, 6.07) is 0. The standard InChI is InChI=1S/C14H27N5O/c1-5-8-19(6-2)9-7-16-14(20)13-11(15)12(10(3)4)17-18-13/h10H,5-9,15H2,1-4H3,(H,16,20)(H,17,18). The molecule has 1 amide bonds. The van der Waals surface area contributed by atoms with Gasteiger partial charge in [0.05, 0.1) is 11.4 Å². The molecule has 1 heterocycles. The summed E-state index contributed by atoms with van der Waals surface area (Å²) in [5.41, 5.74) is 7.52. The number of nitrogens with one attached hydrogen (secondary N) is 2. The van der Waals surface area contributed by atoms with Gasteiger partial charge in [-0.15, -0.1) is 0 Å². The topological polar surface area (TPSA) is 87.0 Å². The number of aromatic nitrogens is 2. The molecule has 0 radical (unpaired) electrons. The van der Waals surface area contributed by atoms with E-state index in [0.29, 0.717) is 17.9 Å². The maximum atomic E-state index is 12.0. The Morgan fingerprint density at radius 3 is 2.60 bits per heavy atom. The Bertz CT molecular complexity index is 427. The molecule has 0 aliphatic carbocycles. The number of carbonyl (C=O) groups excluding carboxylic acids is 1. The highest BCUT2D eigenvalue weighted by Crippen LogP contribution is 2.21. The van der Waals surface area contributed by atoms with Crippen LogP contribution in [-0.2, 0) is 0 Å². The molecule has 0 fully saturated rings. The van der Waals surface area contributed by atoms with Crippen LogP contribution in [-0.4, -0.2) is 47.2 Å². The summed E-state index contributed by atoms with van der Waals surface area (Å²) in [6.07, 6.45) is 1.12. The summed E-state index contributed by atoms with van der Waals surface area (Å²) in [5, 5.41) is 9.73. The molecule has 0 atom stereocenters. The monoisotopic (exact) mass is 281 g/mol. The lowest BCUT2D eigenvalue weighted by Gasteiger charge is -2.19. The predicted octanol–water partition coefficient (Wildman–Crippen LogP) is 1.58. The van der Waals surface area contributed by atoms with Gasteiger partial charge in [0.25, 0.3) is 5.91 Å². The van der Waals surface area contributed by atoms with Gasteiger partial charge in [-0.2, -0.15) is 5.10 Å². The zero-order valence-electron chi connectivity index (χ0n) is 13.0. The summed E-state index contributed by atoms with van der Waals surface area (Å²) in [5.74, 6) is 0.0161. The van der Waals surface area contributed by atoms with Crippen molar-refractivity contribution in [2.24, 2.45) is 0 Å². The largest absolute Gasteiger partial charge is 0.395 e. The summed E-state index contributed by atoms with van der Waals surface area (Å²) < 4.78 is 0. The van der Waals surface area contributed by atoms with E-state index >= 15 is 0 Å². The number of hydrogen-bond acceptors (Lipinski definition) is 4. The molecule has 114 valence electrons. The predicted molar refractivity (Wildman–Crippen MR) is 81.8 cm³/mol. The van der Waals surface area contributed by atoms with Crippen molar-refractivity contribution in [2.45, 2.75) is 40.0 Å². The van der Waals surface area contributed by atoms with Crippen molar-refractivity contribution in [2.75, 3.05) is 31.9 Å². The number of H-pyrrole nitrogens is 1. The lowest BCUT2D eigenvalue weighted by molar-refractivity contribution is 0.0944. The maximum absolute atomic E-state index is 12.0. The van der Waals surface area contributed by atoms with Gasteiger partial charge >= 0.3 is 0 Å². The Hall–Kier alpha value is -1.56. The first kappa shape index (κ1) is 16.5. The van der Waals surface area contributed by atoms with Crippen molar-refractivity contribution in [1.29, 1.82) is 0 Å². The quantitative estimate of drug-likeness (QED) is 0.675. The fraction of sp³-hybridized carbons (Fsp3) is 0.714. The van der Waals surface area contributed by atoms with Gasteiger partial charge in [-0.3, -0.25) is 9.89 Å². The number of nitrogen functional groups attached to an aromatic ring is 1. The molecule has 6 nitrogen and oxygen atoms in total. The van der Waals surface area contributed by atoms with Gasteiger partial charge < -0.3 is 16.0 Å². The van der Waals surface area contributed by atoms with Gasteiger partial charge in [0.15, 0.2) is 5.69 Å². The van der Waals surface area contributed by atoms with Crippen molar-refractivity contribution in [1.82, 2.24) is 20.4 Å². The average molecular weight is 281 g/mol. The number of aromatic amines is 1. The van der Waals surface area contributed by atoms with Crippen LogP contribution >= 0.6 is 0 Å². The van der Waals surface area contributed by atoms with E-state index in [1.165, 1.54) is 0 Å². The number of rotatable bonds is 8. The Morgan fingerprint density at radius 1 is 1.40 bits per heavy atom. The van der Waals surface area contributed by atoms with Gasteiger partial charge in [-0.1, -0.05) is 27.7 Å². The van der Waals surface area contributed by atoms with Crippen LogP contribution in [0.5, 0.6) is 0 Å². The SMILES string of the molecule is CCCN(CC)CCNC(=O)c1n[nH]c(C(C)C)c1N. The highest BCUT2D eigenvalue weighted by molar-refractivity contribution is 5.97. The van der Waals surface area contributed by atoms with Crippen molar-refractivity contribution >= 4 is 11.6 Å². The van der Waals surface area contributed by atoms with Crippen molar-refractivity contribution in [3.8, 4) is 0 Å². The molecule has 6 heteroatoms. The minimum Gasteiger partial charge on any atom is -0.395 e. The maximum Gasteiger partial charge on any atom is 0.273 e. The van der Waals surface area contributed by atoms with Crippen LogP contribution in [0.15, 0.2) is 0 Å². The molecule has 0 spiro atoms. The van der Waals surface area contributed by atoms with Crippen LogP contribution in [0.4, 0.5) is 5.69 Å². The normalized spacial score (nSPS) is 11.3. The van der Waals surface area contributed by atoms with Crippen LogP contribution in [0.1, 0.15) is 56.2 Å². The second-order valence-electron chi connectivity index (χ2n) is 5.24. The highest BCUT2D eigenvalue weighted by Gasteiger charge is 2.18. The summed E-state index contributed by atoms with van der Waals surface area (Å²) in [7, 11) is 0. The molecule has 20 heavy (non-hydrogen) atoms. The number of likely N-dealkylation sites (N-methyl/N-ethyl adjacent to an activating group) is 1. The molecular formula is C14H27N5O. The summed E-state index contributed by atoms with van der Waals surface area (Å²) in [4.78, 5) is 14.3. The molecule has 0 aliphatic rings. The lowest BCUT2D eigenvalue weighted by Crippen LogP contribution is -2.35. The molecule has 1 aromatic rings. The smallest absolute Gasteiger partial charge is 0.273 e. The number of hydrogen-bond donors (Lipinski definition) is 3. The zero-order valence-corrected chi connectivity index (χ0v) is 13.0. The second kappa shape index (κ2) is 7.89. The van der Waals surface area contributed by atoms with E-state index in [1.54, 1.807) is 0 Å². The van der Waals surface area contributed by atoms with Gasteiger partial charge in [-0.05, 0) is 25.4 Å². The van der Waals surface area contributed by atoms with E-state index in [0.717, 1.165) is 31.7 Å². The molecule has 0 aromatic carbocycles. The summed E-state index contributed by atoms with van der Waals surface area (Å²) >= 11 is 0. The molecule has 4 N–H and O–H groups in total. The summed E-state index contributed by atoms with van der Waals surface area (Å²) in [6.45, 7) is 11.8. The average Bonchev–Trinajstić information content (AvgIpc) is 2.79. The van der Waals surface area contributed by atoms with Gasteiger partial charge in [0, 0.05) is 13.1 Å². The van der Waals surface area contributed by atoms with Crippen LogP contribution in [0.2, 0.25) is 0 Å². The second-order valence-corrected chi connectivity index (χ2v) is 5.24. The van der Waals surface area contributed by atoms with Crippen molar-refractivity contribution in [3.05, 3.63) is 11.4 Å². The van der Waals surface area contributed by atoms with Crippen LogP contribution in [0.3, 0.4) is 0 Å². The van der Waals surface area contributed by atoms with E-state index in [1.807, 2.05) is 13.8 Å². The van der Waals surface area contributed by atoms with E-state index in [4.69, 9.17) is 5.73 Å².